The zero-order valence-electron chi connectivity index (χ0n) is 6.98. The Kier molecular flexibility index (Phi) is 4.70. The first-order valence-corrected chi connectivity index (χ1v) is 3.87. The van der Waals surface area contributed by atoms with Crippen LogP contribution in [0.1, 0.15) is 11.6 Å². The molecular weight excluding hydrogens is 229 g/mol. The average molecular weight is 238 g/mol. The molecule has 0 heterocycles. The van der Waals surface area contributed by atoms with Crippen LogP contribution in [0.5, 0.6) is 5.75 Å². The van der Waals surface area contributed by atoms with Crippen molar-refractivity contribution in [3.05, 3.63) is 28.8 Å². The molecule has 0 amide bonds. The first kappa shape index (κ1) is 13.0. The summed E-state index contributed by atoms with van der Waals surface area (Å²) in [6.45, 7) is 0. The Hall–Kier alpha value is -0.970. The predicted octanol–water partition coefficient (Wildman–Crippen LogP) is 1.55. The molecule has 4 nitrogen and oxygen atoms in total. The van der Waals surface area contributed by atoms with Gasteiger partial charge in [0, 0.05) is 0 Å². The van der Waals surface area contributed by atoms with Gasteiger partial charge in [-0.3, -0.25) is 4.79 Å². The monoisotopic (exact) mass is 237 g/mol. The van der Waals surface area contributed by atoms with Crippen LogP contribution < -0.4 is 5.73 Å². The number of carboxylic acids is 1. The number of hydrogen-bond acceptors (Lipinski definition) is 3. The highest BCUT2D eigenvalue weighted by molar-refractivity contribution is 6.32. The molecule has 14 heavy (non-hydrogen) atoms. The normalized spacial score (nSPS) is 11.6. The number of aliphatic carboxylic acids is 1. The minimum atomic E-state index is -1.14. The third-order valence-electron chi connectivity index (χ3n) is 1.60. The molecule has 78 valence electrons. The Labute approximate surface area is 91.7 Å². The van der Waals surface area contributed by atoms with Crippen LogP contribution in [-0.4, -0.2) is 16.2 Å². The minimum absolute atomic E-state index is 0. The van der Waals surface area contributed by atoms with Crippen LogP contribution in [0, 0.1) is 0 Å². The lowest BCUT2D eigenvalue weighted by Crippen LogP contribution is -2.20. The standard InChI is InChI=1S/C8H8ClNO3.ClH/c9-5-3-4(1-2-6(5)11)7(10)8(12)13;/h1-3,7,11H,10H2,(H,12,13);1H/t7-;/m0./s1. The number of carboxylic acid groups (broad SMARTS) is 1. The van der Waals surface area contributed by atoms with Crippen LogP contribution in [0.3, 0.4) is 0 Å². The fraction of sp³-hybridized carbons (Fsp3) is 0.125. The first-order chi connectivity index (χ1) is 6.02. The quantitative estimate of drug-likeness (QED) is 0.729. The summed E-state index contributed by atoms with van der Waals surface area (Å²) >= 11 is 5.56. The molecule has 0 aliphatic heterocycles. The summed E-state index contributed by atoms with van der Waals surface area (Å²) in [5.74, 6) is -1.23. The van der Waals surface area contributed by atoms with Crippen molar-refractivity contribution in [2.75, 3.05) is 0 Å². The van der Waals surface area contributed by atoms with Crippen LogP contribution in [0.2, 0.25) is 5.02 Å². The third-order valence-corrected chi connectivity index (χ3v) is 1.90. The maximum Gasteiger partial charge on any atom is 0.325 e. The predicted molar refractivity (Wildman–Crippen MR) is 54.9 cm³/mol. The highest BCUT2D eigenvalue weighted by atomic mass is 35.5. The highest BCUT2D eigenvalue weighted by Crippen LogP contribution is 2.25. The molecular formula is C8H9Cl2NO3. The molecule has 1 aromatic rings. The maximum absolute atomic E-state index is 10.5. The number of carbonyl (C=O) groups is 1. The molecule has 1 rings (SSSR count). The summed E-state index contributed by atoms with van der Waals surface area (Å²) < 4.78 is 0. The molecule has 0 aliphatic carbocycles. The topological polar surface area (TPSA) is 83.6 Å². The van der Waals surface area contributed by atoms with Crippen LogP contribution in [0.4, 0.5) is 0 Å². The van der Waals surface area contributed by atoms with E-state index in [0.717, 1.165) is 0 Å². The Morgan fingerprint density at radius 3 is 2.50 bits per heavy atom. The molecule has 1 aromatic carbocycles. The van der Waals surface area contributed by atoms with Gasteiger partial charge in [0.15, 0.2) is 0 Å². The van der Waals surface area contributed by atoms with E-state index in [-0.39, 0.29) is 23.2 Å². The molecule has 0 saturated heterocycles. The molecule has 1 atom stereocenters. The zero-order valence-corrected chi connectivity index (χ0v) is 8.55. The summed E-state index contributed by atoms with van der Waals surface area (Å²) in [5.41, 5.74) is 5.67. The third kappa shape index (κ3) is 2.77. The molecule has 6 heteroatoms. The summed E-state index contributed by atoms with van der Waals surface area (Å²) in [6, 6.07) is 2.94. The van der Waals surface area contributed by atoms with Gasteiger partial charge in [-0.15, -0.1) is 12.4 Å². The van der Waals surface area contributed by atoms with Gasteiger partial charge in [-0.1, -0.05) is 17.7 Å². The van der Waals surface area contributed by atoms with E-state index in [0.29, 0.717) is 5.56 Å². The second-order valence-electron chi connectivity index (χ2n) is 2.53. The van der Waals surface area contributed by atoms with Crippen molar-refractivity contribution in [3.8, 4) is 5.75 Å². The van der Waals surface area contributed by atoms with Crippen molar-refractivity contribution < 1.29 is 15.0 Å². The molecule has 0 bridgehead atoms. The van der Waals surface area contributed by atoms with E-state index < -0.39 is 12.0 Å². The number of aromatic hydroxyl groups is 1. The molecule has 4 N–H and O–H groups in total. The molecule has 0 saturated carbocycles. The summed E-state index contributed by atoms with van der Waals surface area (Å²) in [6.07, 6.45) is 0. The van der Waals surface area contributed by atoms with Crippen molar-refractivity contribution in [1.82, 2.24) is 0 Å². The second-order valence-corrected chi connectivity index (χ2v) is 2.93. The van der Waals surface area contributed by atoms with Crippen molar-refractivity contribution >= 4 is 30.0 Å². The number of phenols is 1. The fourth-order valence-electron chi connectivity index (χ4n) is 0.859. The molecule has 0 radical (unpaired) electrons. The largest absolute Gasteiger partial charge is 0.506 e. The van der Waals surface area contributed by atoms with Gasteiger partial charge in [0.25, 0.3) is 0 Å². The number of halogens is 2. The van der Waals surface area contributed by atoms with Gasteiger partial charge in [-0.25, -0.2) is 0 Å². The van der Waals surface area contributed by atoms with Crippen molar-refractivity contribution in [1.29, 1.82) is 0 Å². The average Bonchev–Trinajstić information content (AvgIpc) is 2.08. The van der Waals surface area contributed by atoms with Crippen LogP contribution in [0.25, 0.3) is 0 Å². The number of benzene rings is 1. The van der Waals surface area contributed by atoms with Gasteiger partial charge in [0.1, 0.15) is 11.8 Å². The Bertz CT molecular complexity index is 343. The van der Waals surface area contributed by atoms with Crippen molar-refractivity contribution in [3.63, 3.8) is 0 Å². The molecule has 0 unspecified atom stereocenters. The molecule has 0 aromatic heterocycles. The number of phenolic OH excluding ortho intramolecular Hbond substituents is 1. The Morgan fingerprint density at radius 2 is 2.07 bits per heavy atom. The van der Waals surface area contributed by atoms with E-state index in [4.69, 9.17) is 27.5 Å². The van der Waals surface area contributed by atoms with Gasteiger partial charge >= 0.3 is 5.97 Å². The van der Waals surface area contributed by atoms with Gasteiger partial charge in [0.2, 0.25) is 0 Å². The minimum Gasteiger partial charge on any atom is -0.506 e. The molecule has 0 aliphatic rings. The van der Waals surface area contributed by atoms with Gasteiger partial charge in [-0.2, -0.15) is 0 Å². The summed E-state index contributed by atoms with van der Waals surface area (Å²) in [5, 5.41) is 17.7. The number of hydrogen-bond donors (Lipinski definition) is 3. The Morgan fingerprint density at radius 1 is 1.50 bits per heavy atom. The van der Waals surface area contributed by atoms with E-state index in [9.17, 15) is 4.79 Å². The van der Waals surface area contributed by atoms with E-state index in [1.807, 2.05) is 0 Å². The lowest BCUT2D eigenvalue weighted by Gasteiger charge is -2.07. The van der Waals surface area contributed by atoms with E-state index in [1.54, 1.807) is 0 Å². The lowest BCUT2D eigenvalue weighted by atomic mass is 10.1. The van der Waals surface area contributed by atoms with Crippen LogP contribution in [-0.2, 0) is 4.79 Å². The van der Waals surface area contributed by atoms with Crippen molar-refractivity contribution in [2.24, 2.45) is 5.73 Å². The highest BCUT2D eigenvalue weighted by Gasteiger charge is 2.14. The number of nitrogens with two attached hydrogens (primary N) is 1. The SMILES string of the molecule is Cl.N[C@H](C(=O)O)c1ccc(O)c(Cl)c1. The zero-order chi connectivity index (χ0) is 10.0. The Balaban J connectivity index is 0.00000169. The second kappa shape index (κ2) is 5.05. The summed E-state index contributed by atoms with van der Waals surface area (Å²) in [4.78, 5) is 10.5. The van der Waals surface area contributed by atoms with Crippen molar-refractivity contribution in [2.45, 2.75) is 6.04 Å². The van der Waals surface area contributed by atoms with Crippen LogP contribution in [0.15, 0.2) is 18.2 Å². The fourth-order valence-corrected chi connectivity index (χ4v) is 1.05. The first-order valence-electron chi connectivity index (χ1n) is 3.49. The van der Waals surface area contributed by atoms with Gasteiger partial charge in [0.05, 0.1) is 5.02 Å². The maximum atomic E-state index is 10.5. The number of rotatable bonds is 2. The smallest absolute Gasteiger partial charge is 0.325 e. The molecule has 0 spiro atoms. The lowest BCUT2D eigenvalue weighted by molar-refractivity contribution is -0.138. The van der Waals surface area contributed by atoms with E-state index in [2.05, 4.69) is 0 Å². The van der Waals surface area contributed by atoms with E-state index in [1.165, 1.54) is 18.2 Å². The molecule has 0 fully saturated rings. The van der Waals surface area contributed by atoms with Gasteiger partial charge in [-0.05, 0) is 17.7 Å². The summed E-state index contributed by atoms with van der Waals surface area (Å²) in [7, 11) is 0. The van der Waals surface area contributed by atoms with Crippen LogP contribution >= 0.6 is 24.0 Å². The van der Waals surface area contributed by atoms with E-state index >= 15 is 0 Å². The van der Waals surface area contributed by atoms with Gasteiger partial charge < -0.3 is 15.9 Å².